The lowest BCUT2D eigenvalue weighted by molar-refractivity contribution is -0.144. The van der Waals surface area contributed by atoms with Gasteiger partial charge in [-0.3, -0.25) is 10.1 Å². The molecule has 0 saturated heterocycles. The number of ether oxygens (including phenoxy) is 2. The summed E-state index contributed by atoms with van der Waals surface area (Å²) in [5, 5.41) is 9.37. The Balaban J connectivity index is 1.39. The predicted octanol–water partition coefficient (Wildman–Crippen LogP) is 7.39. The third kappa shape index (κ3) is 7.62. The van der Waals surface area contributed by atoms with Crippen molar-refractivity contribution >= 4 is 17.7 Å². The van der Waals surface area contributed by atoms with Gasteiger partial charge < -0.3 is 20.1 Å². The molecular formula is C39H39N3O4. The Labute approximate surface area is 270 Å². The Morgan fingerprint density at radius 2 is 1.26 bits per heavy atom. The van der Waals surface area contributed by atoms with E-state index >= 15 is 0 Å². The van der Waals surface area contributed by atoms with Gasteiger partial charge in [0.1, 0.15) is 18.4 Å². The Morgan fingerprint density at radius 3 is 1.78 bits per heavy atom. The Hall–Kier alpha value is -5.40. The van der Waals surface area contributed by atoms with Gasteiger partial charge in [0, 0.05) is 12.2 Å². The number of rotatable bonds is 13. The molecule has 7 nitrogen and oxygen atoms in total. The minimum atomic E-state index is -0.873. The van der Waals surface area contributed by atoms with Crippen LogP contribution in [0.15, 0.2) is 140 Å². The second-order valence-electron chi connectivity index (χ2n) is 10.9. The van der Waals surface area contributed by atoms with Crippen LogP contribution in [0.1, 0.15) is 30.0 Å². The minimum Gasteiger partial charge on any atom is -0.491 e. The lowest BCUT2D eigenvalue weighted by Crippen LogP contribution is -2.55. The second-order valence-corrected chi connectivity index (χ2v) is 10.9. The lowest BCUT2D eigenvalue weighted by Gasteiger charge is -2.39. The number of carbonyl (C=O) groups is 2. The zero-order valence-electron chi connectivity index (χ0n) is 26.1. The molecule has 0 aliphatic carbocycles. The van der Waals surface area contributed by atoms with Gasteiger partial charge >= 0.3 is 12.0 Å². The van der Waals surface area contributed by atoms with Gasteiger partial charge in [0.2, 0.25) is 0 Å². The molecule has 0 radical (unpaired) electrons. The van der Waals surface area contributed by atoms with E-state index in [1.807, 2.05) is 110 Å². The van der Waals surface area contributed by atoms with E-state index in [1.165, 1.54) is 7.11 Å². The molecule has 5 aromatic carbocycles. The van der Waals surface area contributed by atoms with Gasteiger partial charge in [0.15, 0.2) is 0 Å². The smallest absolute Gasteiger partial charge is 0.326 e. The average molecular weight is 614 g/mol. The first-order valence-corrected chi connectivity index (χ1v) is 15.4. The van der Waals surface area contributed by atoms with Crippen molar-refractivity contribution in [3.8, 4) is 16.9 Å². The standard InChI is InChI=1S/C39H39N3O4/c1-3-26-40-38(44)41-34-21-13-14-30(27-34)29-22-24-35(25-23-29)46-28-36(37(43)45-2)42-39(31-15-7-4-8-16-31,32-17-9-5-10-18-32)33-19-11-6-12-20-33/h4-25,27,36,42H,3,26,28H2,1-2H3,(H2,40,41,44)/t36-/m0/s1. The zero-order chi connectivity index (χ0) is 32.2. The van der Waals surface area contributed by atoms with Crippen LogP contribution < -0.4 is 20.7 Å². The number of hydrogen-bond donors (Lipinski definition) is 3. The van der Waals surface area contributed by atoms with Crippen LogP contribution in [0, 0.1) is 0 Å². The molecule has 0 saturated carbocycles. The molecule has 1 atom stereocenters. The number of carbonyl (C=O) groups excluding carboxylic acids is 2. The number of benzene rings is 5. The van der Waals surface area contributed by atoms with Crippen LogP contribution in [0.2, 0.25) is 0 Å². The van der Waals surface area contributed by atoms with Gasteiger partial charge in [0.25, 0.3) is 0 Å². The molecular weight excluding hydrogens is 574 g/mol. The van der Waals surface area contributed by atoms with Crippen molar-refractivity contribution in [1.29, 1.82) is 0 Å². The summed E-state index contributed by atoms with van der Waals surface area (Å²) in [4.78, 5) is 25.4. The summed E-state index contributed by atoms with van der Waals surface area (Å²) in [6.45, 7) is 2.66. The van der Waals surface area contributed by atoms with Crippen LogP contribution in [0.25, 0.3) is 11.1 Å². The molecule has 3 N–H and O–H groups in total. The first-order chi connectivity index (χ1) is 22.5. The highest BCUT2D eigenvalue weighted by atomic mass is 16.5. The number of hydrogen-bond acceptors (Lipinski definition) is 5. The maximum absolute atomic E-state index is 13.3. The average Bonchev–Trinajstić information content (AvgIpc) is 3.12. The molecule has 5 rings (SSSR count). The summed E-state index contributed by atoms with van der Waals surface area (Å²) in [5.41, 5.74) is 4.68. The van der Waals surface area contributed by atoms with Crippen LogP contribution in [0.5, 0.6) is 5.75 Å². The molecule has 0 aliphatic heterocycles. The minimum absolute atomic E-state index is 0.0343. The molecule has 0 aliphatic rings. The molecule has 0 fully saturated rings. The monoisotopic (exact) mass is 613 g/mol. The summed E-state index contributed by atoms with van der Waals surface area (Å²) in [6.07, 6.45) is 0.867. The fraction of sp³-hybridized carbons (Fsp3) is 0.179. The topological polar surface area (TPSA) is 88.7 Å². The lowest BCUT2D eigenvalue weighted by atomic mass is 9.76. The molecule has 234 valence electrons. The highest BCUT2D eigenvalue weighted by Gasteiger charge is 2.40. The van der Waals surface area contributed by atoms with E-state index in [-0.39, 0.29) is 12.6 Å². The number of methoxy groups -OCH3 is 1. The molecule has 0 bridgehead atoms. The van der Waals surface area contributed by atoms with Gasteiger partial charge in [-0.15, -0.1) is 0 Å². The van der Waals surface area contributed by atoms with Crippen LogP contribution in [-0.2, 0) is 15.1 Å². The van der Waals surface area contributed by atoms with Crippen molar-refractivity contribution < 1.29 is 19.1 Å². The van der Waals surface area contributed by atoms with E-state index in [0.717, 1.165) is 34.2 Å². The summed E-state index contributed by atoms with van der Waals surface area (Å²) in [6, 6.07) is 44.5. The quantitative estimate of drug-likeness (QED) is 0.0952. The normalized spacial score (nSPS) is 11.7. The second kappa shape index (κ2) is 15.5. The van der Waals surface area contributed by atoms with Crippen molar-refractivity contribution in [3.63, 3.8) is 0 Å². The number of anilines is 1. The first kappa shape index (κ1) is 32.0. The number of esters is 1. The third-order valence-corrected chi connectivity index (χ3v) is 7.76. The molecule has 5 aromatic rings. The van der Waals surface area contributed by atoms with E-state index in [0.29, 0.717) is 18.0 Å². The molecule has 0 spiro atoms. The fourth-order valence-corrected chi connectivity index (χ4v) is 5.50. The van der Waals surface area contributed by atoms with E-state index in [9.17, 15) is 9.59 Å². The van der Waals surface area contributed by atoms with Crippen molar-refractivity contribution in [3.05, 3.63) is 156 Å². The highest BCUT2D eigenvalue weighted by Crippen LogP contribution is 2.37. The van der Waals surface area contributed by atoms with Crippen molar-refractivity contribution in [2.75, 3.05) is 25.6 Å². The van der Waals surface area contributed by atoms with Crippen LogP contribution in [0.4, 0.5) is 10.5 Å². The van der Waals surface area contributed by atoms with Gasteiger partial charge in [0.05, 0.1) is 12.6 Å². The summed E-state index contributed by atoms with van der Waals surface area (Å²) in [5.74, 6) is 0.175. The maximum Gasteiger partial charge on any atom is 0.326 e. The summed E-state index contributed by atoms with van der Waals surface area (Å²) < 4.78 is 11.5. The summed E-state index contributed by atoms with van der Waals surface area (Å²) in [7, 11) is 1.39. The Bertz CT molecular complexity index is 1600. The van der Waals surface area contributed by atoms with Crippen LogP contribution in [0.3, 0.4) is 0 Å². The molecule has 7 heteroatoms. The molecule has 2 amide bonds. The first-order valence-electron chi connectivity index (χ1n) is 15.4. The third-order valence-electron chi connectivity index (χ3n) is 7.76. The number of amides is 2. The fourth-order valence-electron chi connectivity index (χ4n) is 5.50. The van der Waals surface area contributed by atoms with E-state index in [1.54, 1.807) is 0 Å². The van der Waals surface area contributed by atoms with Crippen molar-refractivity contribution in [2.45, 2.75) is 24.9 Å². The molecule has 0 heterocycles. The SMILES string of the molecule is CCCNC(=O)Nc1cccc(-c2ccc(OC[C@H](NC(c3ccccc3)(c3ccccc3)c3ccccc3)C(=O)OC)cc2)c1. The van der Waals surface area contributed by atoms with Gasteiger partial charge in [-0.25, -0.2) is 4.79 Å². The Morgan fingerprint density at radius 1 is 0.696 bits per heavy atom. The number of nitrogens with one attached hydrogen (secondary N) is 3. The van der Waals surface area contributed by atoms with Crippen molar-refractivity contribution in [1.82, 2.24) is 10.6 Å². The Kier molecular flexibility index (Phi) is 10.8. The number of urea groups is 1. The largest absolute Gasteiger partial charge is 0.491 e. The molecule has 0 unspecified atom stereocenters. The van der Waals surface area contributed by atoms with Crippen molar-refractivity contribution in [2.24, 2.45) is 0 Å². The summed E-state index contributed by atoms with van der Waals surface area (Å²) >= 11 is 0. The highest BCUT2D eigenvalue weighted by molar-refractivity contribution is 5.90. The van der Waals surface area contributed by atoms with Crippen LogP contribution >= 0.6 is 0 Å². The van der Waals surface area contributed by atoms with Crippen LogP contribution in [-0.4, -0.2) is 38.3 Å². The van der Waals surface area contributed by atoms with E-state index in [4.69, 9.17) is 9.47 Å². The molecule has 0 aromatic heterocycles. The van der Waals surface area contributed by atoms with Gasteiger partial charge in [-0.05, 0) is 58.5 Å². The predicted molar refractivity (Wildman–Crippen MR) is 183 cm³/mol. The van der Waals surface area contributed by atoms with Gasteiger partial charge in [-0.2, -0.15) is 0 Å². The van der Waals surface area contributed by atoms with E-state index < -0.39 is 17.6 Å². The molecule has 46 heavy (non-hydrogen) atoms. The maximum atomic E-state index is 13.3. The van der Waals surface area contributed by atoms with Gasteiger partial charge in [-0.1, -0.05) is 122 Å². The zero-order valence-corrected chi connectivity index (χ0v) is 26.1. The van der Waals surface area contributed by atoms with E-state index in [2.05, 4.69) is 52.3 Å².